The Morgan fingerprint density at radius 3 is 2.71 bits per heavy atom. The number of hydrogen-bond acceptors (Lipinski definition) is 8. The van der Waals surface area contributed by atoms with E-state index in [4.69, 9.17) is 21.6 Å². The number of nitrogens with zero attached hydrogens (tertiary/aromatic N) is 3. The number of terminal acetylenes is 1. The minimum absolute atomic E-state index is 0.0312. The van der Waals surface area contributed by atoms with Gasteiger partial charge in [0.25, 0.3) is 5.91 Å². The number of carbonyl (C=O) groups excluding carboxylic acids is 1. The highest BCUT2D eigenvalue weighted by atomic mass is 32.2. The van der Waals surface area contributed by atoms with E-state index in [0.717, 1.165) is 6.07 Å². The molecule has 0 unspecified atom stereocenters. The minimum atomic E-state index is -1.18. The number of carbonyl (C=O) groups is 1. The molecule has 8 nitrogen and oxygen atoms in total. The number of thioether (sulfide) groups is 1. The van der Waals surface area contributed by atoms with Crippen molar-refractivity contribution < 1.29 is 23.0 Å². The van der Waals surface area contributed by atoms with Gasteiger partial charge in [-0.05, 0) is 33.3 Å². The van der Waals surface area contributed by atoms with Gasteiger partial charge in [-0.3, -0.25) is 9.79 Å². The van der Waals surface area contributed by atoms with Crippen molar-refractivity contribution in [1.29, 1.82) is 0 Å². The fourth-order valence-electron chi connectivity index (χ4n) is 3.82. The minimum Gasteiger partial charge on any atom is -0.460 e. The number of nitrogens with one attached hydrogen (secondary N) is 1. The van der Waals surface area contributed by atoms with E-state index in [9.17, 15) is 13.6 Å². The van der Waals surface area contributed by atoms with E-state index in [2.05, 4.69) is 26.2 Å². The Hall–Kier alpha value is -3.23. The van der Waals surface area contributed by atoms with Crippen LogP contribution < -0.4 is 15.8 Å². The molecule has 0 saturated heterocycles. The number of hydrogen-bond donors (Lipinski definition) is 2. The third-order valence-corrected chi connectivity index (χ3v) is 6.19. The van der Waals surface area contributed by atoms with Crippen LogP contribution in [0.15, 0.2) is 29.5 Å². The molecular formula is C23H25F2N5O3S. The summed E-state index contributed by atoms with van der Waals surface area (Å²) in [5, 5.41) is 2.76. The molecule has 3 N–H and O–H groups in total. The second kappa shape index (κ2) is 9.95. The Labute approximate surface area is 200 Å². The van der Waals surface area contributed by atoms with Crippen LogP contribution in [0.4, 0.5) is 14.5 Å². The molecule has 3 atom stereocenters. The van der Waals surface area contributed by atoms with Gasteiger partial charge in [-0.15, -0.1) is 6.42 Å². The molecule has 1 aliphatic rings. The molecule has 0 saturated carbocycles. The summed E-state index contributed by atoms with van der Waals surface area (Å²) >= 11 is 1.32. The molecule has 1 amide bonds. The van der Waals surface area contributed by atoms with E-state index in [-0.39, 0.29) is 28.0 Å². The zero-order valence-corrected chi connectivity index (χ0v) is 20.0. The third-order valence-electron chi connectivity index (χ3n) is 5.14. The molecule has 1 aromatic heterocycles. The van der Waals surface area contributed by atoms with Gasteiger partial charge >= 0.3 is 0 Å². The SMILES string of the molecule is C#C[C@H](C)Oc1cnc(C(=O)Nc2cc(F)c(F)c([C@]3(C)C[C@](C)(COC)SC(N)=N3)c2)cn1. The molecule has 0 bridgehead atoms. The fourth-order valence-corrected chi connectivity index (χ4v) is 5.10. The van der Waals surface area contributed by atoms with Gasteiger partial charge in [0.2, 0.25) is 5.88 Å². The van der Waals surface area contributed by atoms with Gasteiger partial charge in [0.15, 0.2) is 22.9 Å². The van der Waals surface area contributed by atoms with Gasteiger partial charge in [-0.2, -0.15) is 0 Å². The summed E-state index contributed by atoms with van der Waals surface area (Å²) in [6, 6.07) is 2.23. The summed E-state index contributed by atoms with van der Waals surface area (Å²) in [5.74, 6) is -0.333. The van der Waals surface area contributed by atoms with E-state index in [1.54, 1.807) is 21.0 Å². The van der Waals surface area contributed by atoms with E-state index in [1.165, 1.54) is 30.2 Å². The maximum Gasteiger partial charge on any atom is 0.275 e. The van der Waals surface area contributed by atoms with E-state index in [1.807, 2.05) is 6.92 Å². The topological polar surface area (TPSA) is 112 Å². The third kappa shape index (κ3) is 5.63. The maximum atomic E-state index is 14.9. The van der Waals surface area contributed by atoms with Crippen molar-refractivity contribution in [3.05, 3.63) is 47.4 Å². The molecule has 2 aromatic rings. The lowest BCUT2D eigenvalue weighted by Gasteiger charge is -2.41. The Morgan fingerprint density at radius 1 is 1.35 bits per heavy atom. The van der Waals surface area contributed by atoms with Crippen molar-refractivity contribution in [2.75, 3.05) is 19.0 Å². The van der Waals surface area contributed by atoms with Gasteiger partial charge < -0.3 is 20.5 Å². The standard InChI is InChI=1S/C23H25F2N5O3S/c1-6-13(2)33-18-10-27-17(9-28-18)20(31)29-14-7-15(19(25)16(24)8-14)23(4)11-22(3,12-32-5)34-21(26)30-23/h1,7-10,13H,11-12H2,2-5H3,(H2,26,30)(H,29,31)/t13-,22+,23-/m0/s1. The number of anilines is 1. The predicted octanol–water partition coefficient (Wildman–Crippen LogP) is 3.48. The van der Waals surface area contributed by atoms with Crippen molar-refractivity contribution in [1.82, 2.24) is 9.97 Å². The second-order valence-electron chi connectivity index (χ2n) is 8.33. The lowest BCUT2D eigenvalue weighted by molar-refractivity contribution is 0.102. The van der Waals surface area contributed by atoms with Gasteiger partial charge in [-0.25, -0.2) is 18.7 Å². The molecule has 34 heavy (non-hydrogen) atoms. The lowest BCUT2D eigenvalue weighted by Crippen LogP contribution is -2.43. The number of amidine groups is 1. The largest absolute Gasteiger partial charge is 0.460 e. The Kier molecular flexibility index (Phi) is 7.43. The van der Waals surface area contributed by atoms with Gasteiger partial charge in [0.05, 0.1) is 24.5 Å². The number of nitrogens with two attached hydrogens (primary N) is 1. The number of aliphatic imine (C=N–C) groups is 1. The van der Waals surface area contributed by atoms with Crippen LogP contribution in [-0.2, 0) is 10.3 Å². The Morgan fingerprint density at radius 2 is 2.09 bits per heavy atom. The first-order valence-electron chi connectivity index (χ1n) is 10.3. The van der Waals surface area contributed by atoms with Crippen LogP contribution in [-0.4, -0.2) is 45.6 Å². The number of benzene rings is 1. The van der Waals surface area contributed by atoms with E-state index in [0.29, 0.717) is 13.0 Å². The summed E-state index contributed by atoms with van der Waals surface area (Å²) in [6.45, 7) is 5.57. The van der Waals surface area contributed by atoms with Crippen LogP contribution in [0.25, 0.3) is 0 Å². The molecular weight excluding hydrogens is 464 g/mol. The van der Waals surface area contributed by atoms with Crippen molar-refractivity contribution in [2.45, 2.75) is 43.6 Å². The number of halogens is 2. The number of rotatable bonds is 7. The van der Waals surface area contributed by atoms with Crippen LogP contribution in [0.2, 0.25) is 0 Å². The van der Waals surface area contributed by atoms with Gasteiger partial charge in [-0.1, -0.05) is 17.7 Å². The zero-order valence-electron chi connectivity index (χ0n) is 19.2. The number of aromatic nitrogens is 2. The van der Waals surface area contributed by atoms with Crippen LogP contribution in [0.3, 0.4) is 0 Å². The summed E-state index contributed by atoms with van der Waals surface area (Å²) in [4.78, 5) is 25.0. The highest BCUT2D eigenvalue weighted by Crippen LogP contribution is 2.46. The molecule has 1 aromatic carbocycles. The van der Waals surface area contributed by atoms with Gasteiger partial charge in [0.1, 0.15) is 5.69 Å². The first-order chi connectivity index (χ1) is 16.0. The monoisotopic (exact) mass is 489 g/mol. The highest BCUT2D eigenvalue weighted by molar-refractivity contribution is 8.15. The van der Waals surface area contributed by atoms with Crippen LogP contribution in [0.5, 0.6) is 5.88 Å². The molecule has 0 aliphatic carbocycles. The Balaban J connectivity index is 1.88. The smallest absolute Gasteiger partial charge is 0.275 e. The number of methoxy groups -OCH3 is 1. The van der Waals surface area contributed by atoms with E-state index >= 15 is 0 Å². The molecule has 0 radical (unpaired) electrons. The van der Waals surface area contributed by atoms with E-state index < -0.39 is 33.9 Å². The van der Waals surface area contributed by atoms with Crippen molar-refractivity contribution in [3.63, 3.8) is 0 Å². The van der Waals surface area contributed by atoms with Crippen LogP contribution in [0, 0.1) is 24.0 Å². The quantitative estimate of drug-likeness (QED) is 0.573. The highest BCUT2D eigenvalue weighted by Gasteiger charge is 2.44. The Bertz CT molecular complexity index is 1150. The summed E-state index contributed by atoms with van der Waals surface area (Å²) in [6.07, 6.45) is 7.50. The summed E-state index contributed by atoms with van der Waals surface area (Å²) in [7, 11) is 1.55. The van der Waals surface area contributed by atoms with Crippen LogP contribution in [0.1, 0.15) is 43.2 Å². The van der Waals surface area contributed by atoms with Crippen molar-refractivity contribution >= 4 is 28.5 Å². The van der Waals surface area contributed by atoms with Crippen molar-refractivity contribution in [3.8, 4) is 18.2 Å². The molecule has 0 fully saturated rings. The first kappa shape index (κ1) is 25.4. The number of ether oxygens (including phenoxy) is 2. The molecule has 3 rings (SSSR count). The summed E-state index contributed by atoms with van der Waals surface area (Å²) in [5.41, 5.74) is 4.78. The average Bonchev–Trinajstić information content (AvgIpc) is 2.75. The molecule has 11 heteroatoms. The van der Waals surface area contributed by atoms with Crippen molar-refractivity contribution in [2.24, 2.45) is 10.7 Å². The number of amides is 1. The lowest BCUT2D eigenvalue weighted by atomic mass is 9.83. The second-order valence-corrected chi connectivity index (χ2v) is 9.93. The molecule has 2 heterocycles. The van der Waals surface area contributed by atoms with Crippen LogP contribution >= 0.6 is 11.8 Å². The normalized spacial score (nSPS) is 22.9. The summed E-state index contributed by atoms with van der Waals surface area (Å²) < 4.78 is 39.6. The molecule has 0 spiro atoms. The molecule has 180 valence electrons. The average molecular weight is 490 g/mol. The predicted molar refractivity (Wildman–Crippen MR) is 127 cm³/mol. The maximum absolute atomic E-state index is 14.9. The fraction of sp³-hybridized carbons (Fsp3) is 0.391. The zero-order chi connectivity index (χ0) is 25.1. The first-order valence-corrected chi connectivity index (χ1v) is 11.1. The molecule has 1 aliphatic heterocycles. The van der Waals surface area contributed by atoms with Gasteiger partial charge in [0, 0.05) is 29.2 Å².